The average molecular weight is 239 g/mol. The van der Waals surface area contributed by atoms with Crippen molar-refractivity contribution in [3.8, 4) is 0 Å². The van der Waals surface area contributed by atoms with Gasteiger partial charge in [-0.3, -0.25) is 4.79 Å². The molecule has 0 aliphatic carbocycles. The summed E-state index contributed by atoms with van der Waals surface area (Å²) in [6.45, 7) is 6.72. The fraction of sp³-hybridized carbons (Fsp3) is 0.643. The van der Waals surface area contributed by atoms with Gasteiger partial charge in [-0.25, -0.2) is 0 Å². The third kappa shape index (κ3) is 11.2. The topological polar surface area (TPSA) is 49.3 Å². The first kappa shape index (κ1) is 15.9. The molecule has 0 radical (unpaired) electrons. The summed E-state index contributed by atoms with van der Waals surface area (Å²) in [5, 5.41) is 12.4. The first-order chi connectivity index (χ1) is 8.06. The van der Waals surface area contributed by atoms with Crippen LogP contribution in [0.2, 0.25) is 0 Å². The smallest absolute Gasteiger partial charge is 0.222 e. The Kier molecular flexibility index (Phi) is 9.44. The number of nitrogens with one attached hydrogen (secondary N) is 1. The van der Waals surface area contributed by atoms with Crippen LogP contribution in [0.3, 0.4) is 0 Å². The summed E-state index contributed by atoms with van der Waals surface area (Å²) in [5.74, 6) is 0.378. The number of hydrogen-bond donors (Lipinski definition) is 2. The highest BCUT2D eigenvalue weighted by Gasteiger charge is 2.09. The number of amides is 1. The lowest BCUT2D eigenvalue weighted by atomic mass is 10.1. The predicted octanol–water partition coefficient (Wildman–Crippen LogP) is 2.42. The van der Waals surface area contributed by atoms with Gasteiger partial charge in [0.1, 0.15) is 0 Å². The molecule has 0 aliphatic heterocycles. The maximum Gasteiger partial charge on any atom is 0.222 e. The van der Waals surface area contributed by atoms with E-state index in [1.807, 2.05) is 45.1 Å². The standard InChI is InChI=1S/C14H25NO2/c1-4-5-6-7-8-9-13(16)10-14(17)15-11-12(2)3/h4-7,12-13,16H,8-11H2,1-3H3,(H,15,17)/b5-4+,7-6?. The SMILES string of the molecule is C/C=C/C=CCCC(O)CC(=O)NCC(C)C. The predicted molar refractivity (Wildman–Crippen MR) is 71.7 cm³/mol. The van der Waals surface area contributed by atoms with Crippen LogP contribution in [0, 0.1) is 5.92 Å². The van der Waals surface area contributed by atoms with Gasteiger partial charge in [0.25, 0.3) is 0 Å². The molecule has 0 heterocycles. The molecule has 17 heavy (non-hydrogen) atoms. The normalized spacial score (nSPS) is 13.7. The van der Waals surface area contributed by atoms with Gasteiger partial charge in [0, 0.05) is 6.54 Å². The number of allylic oxidation sites excluding steroid dienone is 4. The monoisotopic (exact) mass is 239 g/mol. The van der Waals surface area contributed by atoms with E-state index < -0.39 is 6.10 Å². The molecule has 0 aromatic heterocycles. The van der Waals surface area contributed by atoms with Crippen molar-refractivity contribution < 1.29 is 9.90 Å². The van der Waals surface area contributed by atoms with Gasteiger partial charge in [0.05, 0.1) is 12.5 Å². The highest BCUT2D eigenvalue weighted by molar-refractivity contribution is 5.76. The third-order valence-corrected chi connectivity index (χ3v) is 2.23. The van der Waals surface area contributed by atoms with Gasteiger partial charge in [0.15, 0.2) is 0 Å². The van der Waals surface area contributed by atoms with E-state index in [0.717, 1.165) is 6.42 Å². The zero-order valence-corrected chi connectivity index (χ0v) is 11.1. The molecule has 0 rings (SSSR count). The van der Waals surface area contributed by atoms with E-state index in [0.29, 0.717) is 18.9 Å². The van der Waals surface area contributed by atoms with E-state index >= 15 is 0 Å². The van der Waals surface area contributed by atoms with Crippen molar-refractivity contribution >= 4 is 5.91 Å². The van der Waals surface area contributed by atoms with Crippen molar-refractivity contribution in [3.63, 3.8) is 0 Å². The second kappa shape index (κ2) is 10.1. The number of hydrogen-bond acceptors (Lipinski definition) is 2. The molecule has 2 N–H and O–H groups in total. The first-order valence-electron chi connectivity index (χ1n) is 6.28. The summed E-state index contributed by atoms with van der Waals surface area (Å²) in [5.41, 5.74) is 0. The van der Waals surface area contributed by atoms with Crippen LogP contribution in [0.15, 0.2) is 24.3 Å². The van der Waals surface area contributed by atoms with Crippen LogP contribution in [0.5, 0.6) is 0 Å². The molecular formula is C14H25NO2. The summed E-state index contributed by atoms with van der Waals surface area (Å²) in [6.07, 6.45) is 8.92. The molecule has 0 aromatic carbocycles. The van der Waals surface area contributed by atoms with Crippen LogP contribution in [0.1, 0.15) is 40.0 Å². The molecule has 1 unspecified atom stereocenters. The van der Waals surface area contributed by atoms with E-state index in [2.05, 4.69) is 5.32 Å². The van der Waals surface area contributed by atoms with E-state index in [-0.39, 0.29) is 12.3 Å². The summed E-state index contributed by atoms with van der Waals surface area (Å²) >= 11 is 0. The Labute approximate surface area is 105 Å². The third-order valence-electron chi connectivity index (χ3n) is 2.23. The Morgan fingerprint density at radius 1 is 1.35 bits per heavy atom. The number of carbonyl (C=O) groups is 1. The molecular weight excluding hydrogens is 214 g/mol. The van der Waals surface area contributed by atoms with E-state index in [4.69, 9.17) is 0 Å². The largest absolute Gasteiger partial charge is 0.393 e. The summed E-state index contributed by atoms with van der Waals surface area (Å²) in [7, 11) is 0. The summed E-state index contributed by atoms with van der Waals surface area (Å²) < 4.78 is 0. The van der Waals surface area contributed by atoms with Crippen molar-refractivity contribution in [2.75, 3.05) is 6.54 Å². The van der Waals surface area contributed by atoms with Crippen LogP contribution in [-0.2, 0) is 4.79 Å². The van der Waals surface area contributed by atoms with Crippen molar-refractivity contribution in [2.24, 2.45) is 5.92 Å². The van der Waals surface area contributed by atoms with Crippen LogP contribution in [0.4, 0.5) is 0 Å². The summed E-state index contributed by atoms with van der Waals surface area (Å²) in [6, 6.07) is 0. The zero-order valence-electron chi connectivity index (χ0n) is 11.1. The average Bonchev–Trinajstić information content (AvgIpc) is 2.26. The number of carbonyl (C=O) groups excluding carboxylic acids is 1. The minimum Gasteiger partial charge on any atom is -0.393 e. The lowest BCUT2D eigenvalue weighted by molar-refractivity contribution is -0.123. The Balaban J connectivity index is 3.63. The summed E-state index contributed by atoms with van der Waals surface area (Å²) in [4.78, 5) is 11.4. The maximum absolute atomic E-state index is 11.4. The number of aliphatic hydroxyl groups excluding tert-OH is 1. The molecule has 0 bridgehead atoms. The molecule has 1 amide bonds. The minimum absolute atomic E-state index is 0.0661. The van der Waals surface area contributed by atoms with E-state index in [9.17, 15) is 9.90 Å². The minimum atomic E-state index is -0.544. The van der Waals surface area contributed by atoms with Gasteiger partial charge in [0.2, 0.25) is 5.91 Å². The van der Waals surface area contributed by atoms with Gasteiger partial charge < -0.3 is 10.4 Å². The van der Waals surface area contributed by atoms with Gasteiger partial charge >= 0.3 is 0 Å². The maximum atomic E-state index is 11.4. The highest BCUT2D eigenvalue weighted by atomic mass is 16.3. The molecule has 3 nitrogen and oxygen atoms in total. The fourth-order valence-corrected chi connectivity index (χ4v) is 1.28. The van der Waals surface area contributed by atoms with Crippen LogP contribution in [0.25, 0.3) is 0 Å². The van der Waals surface area contributed by atoms with Gasteiger partial charge in [-0.1, -0.05) is 38.2 Å². The van der Waals surface area contributed by atoms with Crippen molar-refractivity contribution in [1.29, 1.82) is 0 Å². The van der Waals surface area contributed by atoms with Gasteiger partial charge in [-0.15, -0.1) is 0 Å². The quantitative estimate of drug-likeness (QED) is 0.639. The molecule has 0 aromatic rings. The number of rotatable bonds is 8. The van der Waals surface area contributed by atoms with Crippen molar-refractivity contribution in [2.45, 2.75) is 46.1 Å². The van der Waals surface area contributed by atoms with E-state index in [1.54, 1.807) is 0 Å². The number of aliphatic hydroxyl groups is 1. The van der Waals surface area contributed by atoms with Crippen molar-refractivity contribution in [3.05, 3.63) is 24.3 Å². The Morgan fingerprint density at radius 2 is 2.06 bits per heavy atom. The van der Waals surface area contributed by atoms with Crippen LogP contribution < -0.4 is 5.32 Å². The molecule has 3 heteroatoms. The highest BCUT2D eigenvalue weighted by Crippen LogP contribution is 2.03. The molecule has 1 atom stereocenters. The first-order valence-corrected chi connectivity index (χ1v) is 6.28. The lowest BCUT2D eigenvalue weighted by Crippen LogP contribution is -2.30. The molecule has 0 aliphatic rings. The Morgan fingerprint density at radius 3 is 2.65 bits per heavy atom. The second-order valence-electron chi connectivity index (χ2n) is 4.59. The molecule has 0 saturated carbocycles. The Bertz CT molecular complexity index is 257. The molecule has 0 fully saturated rings. The zero-order chi connectivity index (χ0) is 13.1. The molecule has 0 saturated heterocycles. The van der Waals surface area contributed by atoms with Crippen LogP contribution >= 0.6 is 0 Å². The fourth-order valence-electron chi connectivity index (χ4n) is 1.28. The van der Waals surface area contributed by atoms with Crippen molar-refractivity contribution in [1.82, 2.24) is 5.32 Å². The molecule has 98 valence electrons. The van der Waals surface area contributed by atoms with E-state index in [1.165, 1.54) is 0 Å². The van der Waals surface area contributed by atoms with Crippen LogP contribution in [-0.4, -0.2) is 23.7 Å². The molecule has 0 spiro atoms. The Hall–Kier alpha value is -1.09. The second-order valence-corrected chi connectivity index (χ2v) is 4.59. The van der Waals surface area contributed by atoms with Gasteiger partial charge in [-0.05, 0) is 25.7 Å². The lowest BCUT2D eigenvalue weighted by Gasteiger charge is -2.11. The van der Waals surface area contributed by atoms with Gasteiger partial charge in [-0.2, -0.15) is 0 Å².